The minimum absolute atomic E-state index is 0.151. The Balaban J connectivity index is 1.59. The summed E-state index contributed by atoms with van der Waals surface area (Å²) in [5, 5.41) is 13.7. The fraction of sp³-hybridized carbons (Fsp3) is 0.308. The van der Waals surface area contributed by atoms with Gasteiger partial charge >= 0.3 is 6.09 Å². The van der Waals surface area contributed by atoms with Crippen LogP contribution >= 0.6 is 0 Å². The topological polar surface area (TPSA) is 123 Å². The fourth-order valence-electron chi connectivity index (χ4n) is 3.44. The zero-order valence-corrected chi connectivity index (χ0v) is 21.5. The average molecular weight is 508 g/mol. The van der Waals surface area contributed by atoms with E-state index in [1.54, 1.807) is 87.8 Å². The van der Waals surface area contributed by atoms with Crippen LogP contribution in [0.15, 0.2) is 65.2 Å². The Hall–Kier alpha value is -3.79. The van der Waals surface area contributed by atoms with Crippen molar-refractivity contribution in [2.75, 3.05) is 16.9 Å². The Morgan fingerprint density at radius 1 is 1.03 bits per heavy atom. The molecule has 1 atom stereocenters. The number of ether oxygens (including phenoxy) is 1. The van der Waals surface area contributed by atoms with Gasteiger partial charge in [-0.3, -0.25) is 10.1 Å². The Morgan fingerprint density at radius 3 is 2.36 bits per heavy atom. The fourth-order valence-corrected chi connectivity index (χ4v) is 5.14. The molecule has 0 bridgehead atoms. The number of aromatic nitrogens is 2. The molecule has 1 aliphatic carbocycles. The van der Waals surface area contributed by atoms with E-state index in [-0.39, 0.29) is 11.2 Å². The second-order valence-electron chi connectivity index (χ2n) is 9.65. The van der Waals surface area contributed by atoms with Crippen molar-refractivity contribution in [3.05, 3.63) is 66.4 Å². The molecule has 1 unspecified atom stereocenters. The largest absolute Gasteiger partial charge is 0.444 e. The number of amides is 2. The first-order valence-corrected chi connectivity index (χ1v) is 13.5. The Kier molecular flexibility index (Phi) is 7.07. The molecule has 9 nitrogen and oxygen atoms in total. The second kappa shape index (κ2) is 10.1. The standard InChI is InChI=1S/C26H29N5O4S/c1-26(2,3)35-25(33)29-22-14-9-18(21-6-5-15-27-30-21)16-23(22)28-24(32)17-7-10-19(11-8-17)31-36(4,34)20-12-13-20/h5-11,14-16,20H,12-13H2,1-4H3,(H,28,32)(H,29,33). The normalized spacial score (nSPS) is 14.9. The molecular formula is C26H29N5O4S. The smallest absolute Gasteiger partial charge is 0.412 e. The highest BCUT2D eigenvalue weighted by molar-refractivity contribution is 7.93. The number of anilines is 2. The van der Waals surface area contributed by atoms with E-state index in [1.807, 2.05) is 0 Å². The van der Waals surface area contributed by atoms with Crippen LogP contribution in [0.25, 0.3) is 11.3 Å². The quantitative estimate of drug-likeness (QED) is 0.445. The monoisotopic (exact) mass is 507 g/mol. The van der Waals surface area contributed by atoms with Gasteiger partial charge in [0.25, 0.3) is 5.91 Å². The van der Waals surface area contributed by atoms with E-state index in [1.165, 1.54) is 0 Å². The molecule has 10 heteroatoms. The molecule has 2 amide bonds. The van der Waals surface area contributed by atoms with E-state index < -0.39 is 21.4 Å². The highest BCUT2D eigenvalue weighted by Gasteiger charge is 2.30. The molecule has 1 aliphatic rings. The van der Waals surface area contributed by atoms with E-state index in [2.05, 4.69) is 25.2 Å². The number of rotatable bonds is 6. The molecule has 3 aromatic rings. The van der Waals surface area contributed by atoms with Crippen molar-refractivity contribution in [3.8, 4) is 11.3 Å². The van der Waals surface area contributed by atoms with Gasteiger partial charge in [0.2, 0.25) is 0 Å². The Labute approximate surface area is 210 Å². The van der Waals surface area contributed by atoms with Crippen molar-refractivity contribution in [1.29, 1.82) is 0 Å². The SMILES string of the molecule is CC(C)(C)OC(=O)Nc1ccc(-c2cccnn2)cc1NC(=O)c1ccc(N=S(C)(=O)C2CC2)cc1. The summed E-state index contributed by atoms with van der Waals surface area (Å²) in [6.45, 7) is 5.30. The summed E-state index contributed by atoms with van der Waals surface area (Å²) in [5.74, 6) is -0.385. The van der Waals surface area contributed by atoms with Crippen LogP contribution in [0.2, 0.25) is 0 Å². The molecular weight excluding hydrogens is 478 g/mol. The molecule has 4 rings (SSSR count). The molecule has 2 N–H and O–H groups in total. The van der Waals surface area contributed by atoms with Gasteiger partial charge in [0.15, 0.2) is 0 Å². The molecule has 0 spiro atoms. The van der Waals surface area contributed by atoms with Gasteiger partial charge in [-0.1, -0.05) is 6.07 Å². The number of hydrogen-bond acceptors (Lipinski definition) is 7. The maximum Gasteiger partial charge on any atom is 0.412 e. The molecule has 36 heavy (non-hydrogen) atoms. The van der Waals surface area contributed by atoms with Crippen LogP contribution in [0.4, 0.5) is 21.9 Å². The minimum atomic E-state index is -2.27. The van der Waals surface area contributed by atoms with Crippen LogP contribution in [0.5, 0.6) is 0 Å². The van der Waals surface area contributed by atoms with Crippen LogP contribution in [-0.4, -0.2) is 43.5 Å². The van der Waals surface area contributed by atoms with Gasteiger partial charge in [0.05, 0.1) is 32.5 Å². The Bertz CT molecular complexity index is 1390. The van der Waals surface area contributed by atoms with Gasteiger partial charge in [-0.25, -0.2) is 9.00 Å². The lowest BCUT2D eigenvalue weighted by Gasteiger charge is -2.21. The van der Waals surface area contributed by atoms with Gasteiger partial charge in [0, 0.05) is 28.8 Å². The summed E-state index contributed by atoms with van der Waals surface area (Å²) in [7, 11) is -2.27. The zero-order valence-electron chi connectivity index (χ0n) is 20.6. The molecule has 1 heterocycles. The molecule has 0 radical (unpaired) electrons. The number of carbonyl (C=O) groups is 2. The molecule has 2 aromatic carbocycles. The first kappa shape index (κ1) is 25.3. The third-order valence-electron chi connectivity index (χ3n) is 5.33. The van der Waals surface area contributed by atoms with E-state index in [0.29, 0.717) is 33.9 Å². The highest BCUT2D eigenvalue weighted by atomic mass is 32.2. The van der Waals surface area contributed by atoms with Crippen molar-refractivity contribution in [3.63, 3.8) is 0 Å². The number of benzene rings is 2. The Morgan fingerprint density at radius 2 is 1.75 bits per heavy atom. The van der Waals surface area contributed by atoms with E-state index in [9.17, 15) is 13.8 Å². The number of carbonyl (C=O) groups excluding carboxylic acids is 2. The van der Waals surface area contributed by atoms with Crippen LogP contribution in [0, 0.1) is 0 Å². The first-order valence-electron chi connectivity index (χ1n) is 11.5. The molecule has 1 aromatic heterocycles. The molecule has 0 saturated heterocycles. The summed E-state index contributed by atoms with van der Waals surface area (Å²) >= 11 is 0. The maximum atomic E-state index is 13.1. The zero-order chi connectivity index (χ0) is 25.9. The maximum absolute atomic E-state index is 13.1. The lowest BCUT2D eigenvalue weighted by atomic mass is 10.1. The van der Waals surface area contributed by atoms with Crippen LogP contribution < -0.4 is 10.6 Å². The van der Waals surface area contributed by atoms with Crippen LogP contribution in [0.3, 0.4) is 0 Å². The van der Waals surface area contributed by atoms with E-state index in [4.69, 9.17) is 4.74 Å². The van der Waals surface area contributed by atoms with Gasteiger partial charge in [-0.15, -0.1) is 0 Å². The summed E-state index contributed by atoms with van der Waals surface area (Å²) in [5.41, 5.74) is 2.34. The number of hydrogen-bond donors (Lipinski definition) is 2. The summed E-state index contributed by atoms with van der Waals surface area (Å²) in [4.78, 5) is 25.5. The van der Waals surface area contributed by atoms with Gasteiger partial charge in [0.1, 0.15) is 5.60 Å². The van der Waals surface area contributed by atoms with Crippen molar-refractivity contribution in [1.82, 2.24) is 10.2 Å². The molecule has 188 valence electrons. The lowest BCUT2D eigenvalue weighted by molar-refractivity contribution is 0.0635. The average Bonchev–Trinajstić information content (AvgIpc) is 3.66. The summed E-state index contributed by atoms with van der Waals surface area (Å²) < 4.78 is 22.4. The van der Waals surface area contributed by atoms with Gasteiger partial charge in [-0.05, 0) is 82.1 Å². The highest BCUT2D eigenvalue weighted by Crippen LogP contribution is 2.32. The number of nitrogens with one attached hydrogen (secondary N) is 2. The molecule has 1 saturated carbocycles. The van der Waals surface area contributed by atoms with E-state index >= 15 is 0 Å². The lowest BCUT2D eigenvalue weighted by Crippen LogP contribution is -2.27. The van der Waals surface area contributed by atoms with Crippen LogP contribution in [-0.2, 0) is 14.5 Å². The third kappa shape index (κ3) is 6.66. The molecule has 0 aliphatic heterocycles. The summed E-state index contributed by atoms with van der Waals surface area (Å²) in [6.07, 6.45) is 4.48. The first-order chi connectivity index (χ1) is 17.0. The molecule has 1 fully saturated rings. The summed E-state index contributed by atoms with van der Waals surface area (Å²) in [6, 6.07) is 15.3. The van der Waals surface area contributed by atoms with Crippen molar-refractivity contribution >= 4 is 38.8 Å². The number of nitrogens with zero attached hydrogens (tertiary/aromatic N) is 3. The minimum Gasteiger partial charge on any atom is -0.444 e. The second-order valence-corrected chi connectivity index (χ2v) is 12.2. The third-order valence-corrected chi connectivity index (χ3v) is 7.61. The van der Waals surface area contributed by atoms with Crippen LogP contribution in [0.1, 0.15) is 44.0 Å². The van der Waals surface area contributed by atoms with Crippen molar-refractivity contribution in [2.24, 2.45) is 4.36 Å². The van der Waals surface area contributed by atoms with Crippen molar-refractivity contribution in [2.45, 2.75) is 44.5 Å². The van der Waals surface area contributed by atoms with Crippen molar-refractivity contribution < 1.29 is 18.5 Å². The van der Waals surface area contributed by atoms with E-state index in [0.717, 1.165) is 12.8 Å². The van der Waals surface area contributed by atoms with Gasteiger partial charge < -0.3 is 10.1 Å². The van der Waals surface area contributed by atoms with Gasteiger partial charge in [-0.2, -0.15) is 14.6 Å². The predicted molar refractivity (Wildman–Crippen MR) is 141 cm³/mol. The predicted octanol–water partition coefficient (Wildman–Crippen LogP) is 5.63.